The van der Waals surface area contributed by atoms with Crippen LogP contribution in [0.3, 0.4) is 0 Å². The third kappa shape index (κ3) is 4.68. The molecule has 29 heavy (non-hydrogen) atoms. The number of fused-ring (bicyclic) bond motifs is 1. The third-order valence-corrected chi connectivity index (χ3v) is 5.92. The minimum atomic E-state index is -0.282. The molecule has 1 aliphatic heterocycles. The van der Waals surface area contributed by atoms with Crippen molar-refractivity contribution in [2.45, 2.75) is 33.1 Å². The number of thiocarbonyl (C=S) groups is 1. The van der Waals surface area contributed by atoms with Crippen molar-refractivity contribution in [1.82, 2.24) is 14.3 Å². The van der Waals surface area contributed by atoms with Crippen molar-refractivity contribution in [3.63, 3.8) is 0 Å². The number of anilines is 1. The van der Waals surface area contributed by atoms with Gasteiger partial charge in [-0.15, -0.1) is 0 Å². The molecular weight excluding hydrogens is 408 g/mol. The summed E-state index contributed by atoms with van der Waals surface area (Å²) in [5.41, 5.74) is 1.40. The first-order valence-corrected chi connectivity index (χ1v) is 10.8. The fraction of sp³-hybridized carbons (Fsp3) is 0.400. The summed E-state index contributed by atoms with van der Waals surface area (Å²) in [5.74, 6) is 0.155. The molecule has 1 aliphatic rings. The van der Waals surface area contributed by atoms with Gasteiger partial charge in [-0.2, -0.15) is 0 Å². The Balaban J connectivity index is 2.03. The molecule has 1 amide bonds. The SMILES string of the molecule is CCCCCN1C(=O)C(=Cc2c(NCCO)nc3ccc(C)cn3c2=O)SC1=S. The number of nitrogens with zero attached hydrogens (tertiary/aromatic N) is 3. The van der Waals surface area contributed by atoms with Crippen LogP contribution in [0.4, 0.5) is 5.82 Å². The molecule has 154 valence electrons. The average Bonchev–Trinajstić information content (AvgIpc) is 2.97. The van der Waals surface area contributed by atoms with Crippen LogP contribution in [0, 0.1) is 6.92 Å². The van der Waals surface area contributed by atoms with Gasteiger partial charge in [0.05, 0.1) is 17.1 Å². The smallest absolute Gasteiger partial charge is 0.267 e. The van der Waals surface area contributed by atoms with Gasteiger partial charge in [0.25, 0.3) is 11.5 Å². The highest BCUT2D eigenvalue weighted by Crippen LogP contribution is 2.33. The van der Waals surface area contributed by atoms with Crippen LogP contribution >= 0.6 is 24.0 Å². The number of hydrogen-bond acceptors (Lipinski definition) is 7. The first-order chi connectivity index (χ1) is 14.0. The Morgan fingerprint density at radius 1 is 1.31 bits per heavy atom. The highest BCUT2D eigenvalue weighted by atomic mass is 32.2. The molecule has 0 aliphatic carbocycles. The molecule has 3 rings (SSSR count). The number of aromatic nitrogens is 2. The standard InChI is InChI=1S/C20H24N4O3S2/c1-3-4-5-9-23-19(27)15(29-20(23)28)11-14-17(21-8-10-25)22-16-7-6-13(2)12-24(16)18(14)26/h6-7,11-12,21,25H,3-5,8-10H2,1-2H3. The highest BCUT2D eigenvalue weighted by molar-refractivity contribution is 8.26. The summed E-state index contributed by atoms with van der Waals surface area (Å²) in [5, 5.41) is 12.1. The number of amides is 1. The van der Waals surface area contributed by atoms with E-state index in [9.17, 15) is 9.59 Å². The van der Waals surface area contributed by atoms with Crippen LogP contribution in [-0.4, -0.2) is 49.3 Å². The van der Waals surface area contributed by atoms with Crippen LogP contribution in [0.5, 0.6) is 0 Å². The molecule has 0 atom stereocenters. The van der Waals surface area contributed by atoms with E-state index in [1.54, 1.807) is 23.2 Å². The molecule has 9 heteroatoms. The number of carbonyl (C=O) groups excluding carboxylic acids is 1. The Kier molecular flexibility index (Phi) is 7.05. The van der Waals surface area contributed by atoms with Crippen LogP contribution in [0.2, 0.25) is 0 Å². The van der Waals surface area contributed by atoms with Crippen molar-refractivity contribution >= 4 is 51.7 Å². The van der Waals surface area contributed by atoms with Gasteiger partial charge in [0.15, 0.2) is 0 Å². The van der Waals surface area contributed by atoms with Crippen molar-refractivity contribution in [3.05, 3.63) is 44.7 Å². The van der Waals surface area contributed by atoms with Crippen LogP contribution in [0.25, 0.3) is 11.7 Å². The number of rotatable bonds is 8. The summed E-state index contributed by atoms with van der Waals surface area (Å²) in [4.78, 5) is 32.5. The van der Waals surface area contributed by atoms with Gasteiger partial charge in [0, 0.05) is 19.3 Å². The third-order valence-electron chi connectivity index (χ3n) is 4.54. The second kappa shape index (κ2) is 9.51. The van der Waals surface area contributed by atoms with E-state index in [2.05, 4.69) is 17.2 Å². The molecule has 2 aromatic heterocycles. The number of nitrogens with one attached hydrogen (secondary N) is 1. The Morgan fingerprint density at radius 3 is 2.83 bits per heavy atom. The molecule has 0 saturated carbocycles. The maximum atomic E-state index is 13.1. The molecule has 7 nitrogen and oxygen atoms in total. The van der Waals surface area contributed by atoms with Crippen LogP contribution < -0.4 is 10.9 Å². The van der Waals surface area contributed by atoms with Gasteiger partial charge in [-0.25, -0.2) is 4.98 Å². The number of thioether (sulfide) groups is 1. The molecule has 0 bridgehead atoms. The largest absolute Gasteiger partial charge is 0.395 e. The van der Waals surface area contributed by atoms with E-state index in [1.165, 1.54) is 16.2 Å². The Hall–Kier alpha value is -2.23. The molecule has 0 radical (unpaired) electrons. The molecule has 0 unspecified atom stereocenters. The first kappa shape index (κ1) is 21.5. The van der Waals surface area contributed by atoms with E-state index < -0.39 is 0 Å². The fourth-order valence-electron chi connectivity index (χ4n) is 3.04. The number of unbranched alkanes of at least 4 members (excludes halogenated alkanes) is 2. The summed E-state index contributed by atoms with van der Waals surface area (Å²) in [6, 6.07) is 3.64. The van der Waals surface area contributed by atoms with Crippen LogP contribution in [0.15, 0.2) is 28.0 Å². The number of aliphatic hydroxyl groups is 1. The van der Waals surface area contributed by atoms with E-state index in [4.69, 9.17) is 17.3 Å². The van der Waals surface area contributed by atoms with Gasteiger partial charge in [-0.1, -0.05) is 49.8 Å². The van der Waals surface area contributed by atoms with E-state index in [0.29, 0.717) is 27.2 Å². The van der Waals surface area contributed by atoms with Crippen LogP contribution in [-0.2, 0) is 4.79 Å². The first-order valence-electron chi connectivity index (χ1n) is 9.59. The summed E-state index contributed by atoms with van der Waals surface area (Å²) in [6.45, 7) is 4.72. The van der Waals surface area contributed by atoms with Gasteiger partial charge in [-0.05, 0) is 31.1 Å². The van der Waals surface area contributed by atoms with Crippen molar-refractivity contribution in [3.8, 4) is 0 Å². The number of pyridine rings is 1. The molecule has 1 fully saturated rings. The molecule has 0 aromatic carbocycles. The van der Waals surface area contributed by atoms with E-state index in [0.717, 1.165) is 24.8 Å². The zero-order valence-electron chi connectivity index (χ0n) is 16.5. The summed E-state index contributed by atoms with van der Waals surface area (Å²) < 4.78 is 1.97. The second-order valence-corrected chi connectivity index (χ2v) is 8.48. The zero-order chi connectivity index (χ0) is 21.0. The Labute approximate surface area is 178 Å². The number of carbonyl (C=O) groups is 1. The maximum Gasteiger partial charge on any atom is 0.267 e. The normalized spacial score (nSPS) is 15.7. The van der Waals surface area contributed by atoms with Crippen molar-refractivity contribution in [2.75, 3.05) is 25.0 Å². The summed E-state index contributed by atoms with van der Waals surface area (Å²) in [7, 11) is 0. The minimum Gasteiger partial charge on any atom is -0.395 e. The van der Waals surface area contributed by atoms with Gasteiger partial charge >= 0.3 is 0 Å². The predicted octanol–water partition coefficient (Wildman–Crippen LogP) is 2.80. The lowest BCUT2D eigenvalue weighted by molar-refractivity contribution is -0.122. The van der Waals surface area contributed by atoms with Crippen molar-refractivity contribution in [1.29, 1.82) is 0 Å². The maximum absolute atomic E-state index is 13.1. The molecular formula is C20H24N4O3S2. The van der Waals surface area contributed by atoms with Gasteiger partial charge in [0.1, 0.15) is 15.8 Å². The van der Waals surface area contributed by atoms with Crippen LogP contribution in [0.1, 0.15) is 37.3 Å². The molecule has 0 spiro atoms. The number of aryl methyl sites for hydroxylation is 1. The second-order valence-electron chi connectivity index (χ2n) is 6.80. The quantitative estimate of drug-likeness (QED) is 0.377. The monoisotopic (exact) mass is 432 g/mol. The molecule has 2 aromatic rings. The summed E-state index contributed by atoms with van der Waals surface area (Å²) in [6.07, 6.45) is 6.25. The summed E-state index contributed by atoms with van der Waals surface area (Å²) >= 11 is 6.57. The van der Waals surface area contributed by atoms with Gasteiger partial charge in [-0.3, -0.25) is 18.9 Å². The number of aliphatic hydroxyl groups excluding tert-OH is 1. The predicted molar refractivity (Wildman–Crippen MR) is 121 cm³/mol. The minimum absolute atomic E-state index is 0.103. The Morgan fingerprint density at radius 2 is 2.10 bits per heavy atom. The zero-order valence-corrected chi connectivity index (χ0v) is 18.1. The van der Waals surface area contributed by atoms with E-state index in [1.807, 2.05) is 13.0 Å². The van der Waals surface area contributed by atoms with Crippen molar-refractivity contribution < 1.29 is 9.90 Å². The molecule has 2 N–H and O–H groups in total. The topological polar surface area (TPSA) is 86.9 Å². The number of hydrogen-bond donors (Lipinski definition) is 2. The van der Waals surface area contributed by atoms with E-state index in [-0.39, 0.29) is 30.2 Å². The lowest BCUT2D eigenvalue weighted by atomic mass is 10.2. The molecule has 3 heterocycles. The lowest BCUT2D eigenvalue weighted by Gasteiger charge is -2.13. The average molecular weight is 433 g/mol. The van der Waals surface area contributed by atoms with Gasteiger partial charge < -0.3 is 10.4 Å². The van der Waals surface area contributed by atoms with E-state index >= 15 is 0 Å². The highest BCUT2D eigenvalue weighted by Gasteiger charge is 2.32. The van der Waals surface area contributed by atoms with Gasteiger partial charge in [0.2, 0.25) is 0 Å². The molecule has 1 saturated heterocycles. The fourth-order valence-corrected chi connectivity index (χ4v) is 4.33. The lowest BCUT2D eigenvalue weighted by Crippen LogP contribution is -2.29. The van der Waals surface area contributed by atoms with Crippen molar-refractivity contribution in [2.24, 2.45) is 0 Å². The Bertz CT molecular complexity index is 1030.